The second-order valence-electron chi connectivity index (χ2n) is 7.40. The van der Waals surface area contributed by atoms with Crippen LogP contribution in [-0.2, 0) is 0 Å². The number of aryl methyl sites for hydroxylation is 3. The summed E-state index contributed by atoms with van der Waals surface area (Å²) in [5, 5.41) is 7.53. The third-order valence-electron chi connectivity index (χ3n) is 5.27. The molecule has 140 valence electrons. The van der Waals surface area contributed by atoms with Crippen LogP contribution in [0.15, 0.2) is 29.0 Å². The van der Waals surface area contributed by atoms with E-state index in [1.807, 2.05) is 13.8 Å². The van der Waals surface area contributed by atoms with Crippen LogP contribution in [0.1, 0.15) is 38.7 Å². The Morgan fingerprint density at radius 3 is 2.38 bits per heavy atom. The minimum absolute atomic E-state index is 0.0364. The molecule has 0 aliphatic carbocycles. The summed E-state index contributed by atoms with van der Waals surface area (Å²) in [7, 11) is 2.17. The van der Waals surface area contributed by atoms with Crippen LogP contribution >= 0.6 is 11.3 Å². The predicted molar refractivity (Wildman–Crippen MR) is 109 cm³/mol. The van der Waals surface area contributed by atoms with E-state index in [1.165, 1.54) is 11.1 Å². The molecule has 26 heavy (non-hydrogen) atoms. The number of likely N-dealkylation sites (N-methyl/N-ethyl adjacent to an activating group) is 1. The summed E-state index contributed by atoms with van der Waals surface area (Å²) in [5.74, 6) is 0.0364. The van der Waals surface area contributed by atoms with Gasteiger partial charge >= 0.3 is 0 Å². The van der Waals surface area contributed by atoms with Crippen LogP contribution in [0, 0.1) is 20.8 Å². The van der Waals surface area contributed by atoms with E-state index in [2.05, 4.69) is 58.0 Å². The zero-order valence-corrected chi connectivity index (χ0v) is 17.0. The smallest absolute Gasteiger partial charge is 0.251 e. The van der Waals surface area contributed by atoms with E-state index in [1.54, 1.807) is 11.3 Å². The Morgan fingerprint density at radius 2 is 1.81 bits per heavy atom. The van der Waals surface area contributed by atoms with Crippen LogP contribution in [0.3, 0.4) is 0 Å². The normalized spacial score (nSPS) is 17.2. The van der Waals surface area contributed by atoms with Crippen molar-refractivity contribution in [1.82, 2.24) is 15.1 Å². The largest absolute Gasteiger partial charge is 0.350 e. The monoisotopic (exact) mass is 371 g/mol. The van der Waals surface area contributed by atoms with Crippen molar-refractivity contribution < 1.29 is 4.79 Å². The molecule has 2 heterocycles. The maximum absolute atomic E-state index is 12.9. The molecule has 0 radical (unpaired) electrons. The van der Waals surface area contributed by atoms with Gasteiger partial charge in [-0.15, -0.1) is 0 Å². The molecule has 1 saturated heterocycles. The first-order valence-corrected chi connectivity index (χ1v) is 10.2. The molecular formula is C21H29N3OS. The number of amides is 1. The van der Waals surface area contributed by atoms with E-state index < -0.39 is 0 Å². The number of piperazine rings is 1. The lowest BCUT2D eigenvalue weighted by Gasteiger charge is -2.38. The van der Waals surface area contributed by atoms with Gasteiger partial charge in [0.25, 0.3) is 5.91 Å². The highest BCUT2D eigenvalue weighted by Crippen LogP contribution is 2.24. The number of carbonyl (C=O) groups excluding carboxylic acids is 1. The Morgan fingerprint density at radius 1 is 1.15 bits per heavy atom. The number of hydrogen-bond donors (Lipinski definition) is 1. The van der Waals surface area contributed by atoms with Crippen molar-refractivity contribution in [3.05, 3.63) is 56.8 Å². The molecule has 1 atom stereocenters. The molecular weight excluding hydrogens is 342 g/mol. The Bertz CT molecular complexity index is 726. The molecule has 1 aliphatic rings. The van der Waals surface area contributed by atoms with E-state index in [-0.39, 0.29) is 11.9 Å². The first kappa shape index (κ1) is 19.1. The van der Waals surface area contributed by atoms with E-state index >= 15 is 0 Å². The van der Waals surface area contributed by atoms with Crippen LogP contribution in [0.2, 0.25) is 0 Å². The average molecular weight is 372 g/mol. The first-order chi connectivity index (χ1) is 12.5. The summed E-state index contributed by atoms with van der Waals surface area (Å²) in [5.41, 5.74) is 5.42. The van der Waals surface area contributed by atoms with Crippen molar-refractivity contribution in [2.45, 2.75) is 26.8 Å². The first-order valence-electron chi connectivity index (χ1n) is 9.26. The Labute approximate surface area is 160 Å². The molecule has 1 aromatic heterocycles. The van der Waals surface area contributed by atoms with Gasteiger partial charge in [0.15, 0.2) is 0 Å². The van der Waals surface area contributed by atoms with Crippen molar-refractivity contribution in [3.8, 4) is 0 Å². The van der Waals surface area contributed by atoms with Crippen LogP contribution < -0.4 is 5.32 Å². The molecule has 5 heteroatoms. The highest BCUT2D eigenvalue weighted by Gasteiger charge is 2.25. The maximum atomic E-state index is 12.9. The molecule has 0 saturated carbocycles. The molecule has 2 aromatic rings. The fraction of sp³-hybridized carbons (Fsp3) is 0.476. The minimum atomic E-state index is 0.0364. The highest BCUT2D eigenvalue weighted by atomic mass is 32.1. The van der Waals surface area contributed by atoms with E-state index in [0.29, 0.717) is 6.54 Å². The summed E-state index contributed by atoms with van der Waals surface area (Å²) in [6.45, 7) is 11.0. The molecule has 0 bridgehead atoms. The van der Waals surface area contributed by atoms with Gasteiger partial charge in [-0.2, -0.15) is 11.3 Å². The number of nitrogens with zero attached hydrogens (tertiary/aromatic N) is 2. The Hall–Kier alpha value is -1.69. The molecule has 1 aliphatic heterocycles. The molecule has 0 spiro atoms. The van der Waals surface area contributed by atoms with Gasteiger partial charge in [-0.25, -0.2) is 0 Å². The summed E-state index contributed by atoms with van der Waals surface area (Å²) in [6.07, 6.45) is 0. The predicted octanol–water partition coefficient (Wildman–Crippen LogP) is 3.39. The number of rotatable bonds is 5. The molecule has 1 aromatic carbocycles. The summed E-state index contributed by atoms with van der Waals surface area (Å²) in [6, 6.07) is 6.59. The molecule has 1 amide bonds. The van der Waals surface area contributed by atoms with Gasteiger partial charge in [-0.3, -0.25) is 9.69 Å². The standard InChI is InChI=1S/C21H29N3OS/c1-15-11-16(2)20(17(3)12-15)21(25)22-13-19(18-5-10-26-14-18)24-8-6-23(4)7-9-24/h5,10-12,14,19H,6-9,13H2,1-4H3,(H,22,25). The van der Waals surface area contributed by atoms with Gasteiger partial charge in [0, 0.05) is 38.3 Å². The van der Waals surface area contributed by atoms with Gasteiger partial charge in [0.05, 0.1) is 6.04 Å². The van der Waals surface area contributed by atoms with Crippen LogP contribution in [-0.4, -0.2) is 55.5 Å². The van der Waals surface area contributed by atoms with Crippen molar-refractivity contribution in [2.24, 2.45) is 0 Å². The summed E-state index contributed by atoms with van der Waals surface area (Å²) < 4.78 is 0. The molecule has 1 N–H and O–H groups in total. The molecule has 4 nitrogen and oxygen atoms in total. The third-order valence-corrected chi connectivity index (χ3v) is 5.97. The van der Waals surface area contributed by atoms with Gasteiger partial charge in [-0.05, 0) is 61.3 Å². The minimum Gasteiger partial charge on any atom is -0.350 e. The number of benzene rings is 1. The zero-order valence-electron chi connectivity index (χ0n) is 16.2. The second kappa shape index (κ2) is 8.33. The van der Waals surface area contributed by atoms with E-state index in [0.717, 1.165) is 42.9 Å². The zero-order chi connectivity index (χ0) is 18.7. The van der Waals surface area contributed by atoms with Crippen LogP contribution in [0.25, 0.3) is 0 Å². The SMILES string of the molecule is Cc1cc(C)c(C(=O)NCC(c2ccsc2)N2CCN(C)CC2)c(C)c1. The van der Waals surface area contributed by atoms with Crippen molar-refractivity contribution in [3.63, 3.8) is 0 Å². The Balaban J connectivity index is 1.73. The van der Waals surface area contributed by atoms with Crippen molar-refractivity contribution in [2.75, 3.05) is 39.8 Å². The van der Waals surface area contributed by atoms with E-state index in [4.69, 9.17) is 0 Å². The lowest BCUT2D eigenvalue weighted by Crippen LogP contribution is -2.48. The molecule has 1 fully saturated rings. The Kier molecular flexibility index (Phi) is 6.12. The lowest BCUT2D eigenvalue weighted by molar-refractivity contribution is 0.0885. The van der Waals surface area contributed by atoms with Gasteiger partial charge in [0.1, 0.15) is 0 Å². The number of nitrogens with one attached hydrogen (secondary N) is 1. The lowest BCUT2D eigenvalue weighted by atomic mass is 9.99. The number of hydrogen-bond acceptors (Lipinski definition) is 4. The van der Waals surface area contributed by atoms with E-state index in [9.17, 15) is 4.79 Å². The summed E-state index contributed by atoms with van der Waals surface area (Å²) >= 11 is 1.72. The number of thiophene rings is 1. The van der Waals surface area contributed by atoms with Crippen molar-refractivity contribution in [1.29, 1.82) is 0 Å². The molecule has 1 unspecified atom stereocenters. The fourth-order valence-corrected chi connectivity index (χ4v) is 4.58. The summed E-state index contributed by atoms with van der Waals surface area (Å²) in [4.78, 5) is 17.7. The average Bonchev–Trinajstić information content (AvgIpc) is 3.10. The highest BCUT2D eigenvalue weighted by molar-refractivity contribution is 7.07. The van der Waals surface area contributed by atoms with Crippen molar-refractivity contribution >= 4 is 17.2 Å². The fourth-order valence-electron chi connectivity index (χ4n) is 3.87. The van der Waals surface area contributed by atoms with Crippen LogP contribution in [0.5, 0.6) is 0 Å². The maximum Gasteiger partial charge on any atom is 0.251 e. The van der Waals surface area contributed by atoms with Gasteiger partial charge in [0.2, 0.25) is 0 Å². The number of carbonyl (C=O) groups is 1. The van der Waals surface area contributed by atoms with Gasteiger partial charge in [-0.1, -0.05) is 17.7 Å². The molecule has 3 rings (SSSR count). The third kappa shape index (κ3) is 4.34. The van der Waals surface area contributed by atoms with Gasteiger partial charge < -0.3 is 10.2 Å². The second-order valence-corrected chi connectivity index (χ2v) is 8.18. The van der Waals surface area contributed by atoms with Crippen LogP contribution in [0.4, 0.5) is 0 Å². The topological polar surface area (TPSA) is 35.6 Å². The quantitative estimate of drug-likeness (QED) is 0.875.